The number of rotatable bonds is 5. The number of hydrogen-bond acceptors (Lipinski definition) is 2. The molecule has 0 bridgehead atoms. The fraction of sp³-hybridized carbons (Fsp3) is 1.00. The molecule has 2 unspecified atom stereocenters. The Morgan fingerprint density at radius 1 is 1.05 bits per heavy atom. The van der Waals surface area contributed by atoms with Crippen LogP contribution in [0.15, 0.2) is 0 Å². The first-order valence-corrected chi connectivity index (χ1v) is 9.62. The molecule has 1 saturated heterocycles. The van der Waals surface area contributed by atoms with Gasteiger partial charge in [-0.1, -0.05) is 44.9 Å². The lowest BCUT2D eigenvalue weighted by molar-refractivity contribution is -0.122. The van der Waals surface area contributed by atoms with Crippen LogP contribution < -0.4 is 5.32 Å². The SMILES string of the molecule is CNC(CCC1CCCC1)C1CCOC2(CCCCC2)C1. The summed E-state index contributed by atoms with van der Waals surface area (Å²) < 4.78 is 6.28. The molecular formula is C19H35NO. The van der Waals surface area contributed by atoms with Crippen LogP contribution in [-0.2, 0) is 4.74 Å². The van der Waals surface area contributed by atoms with Gasteiger partial charge in [0.05, 0.1) is 5.60 Å². The van der Waals surface area contributed by atoms with Crippen molar-refractivity contribution in [2.24, 2.45) is 11.8 Å². The van der Waals surface area contributed by atoms with Gasteiger partial charge in [0.2, 0.25) is 0 Å². The summed E-state index contributed by atoms with van der Waals surface area (Å²) in [6.45, 7) is 1.01. The van der Waals surface area contributed by atoms with E-state index in [1.54, 1.807) is 0 Å². The highest BCUT2D eigenvalue weighted by Crippen LogP contribution is 2.42. The lowest BCUT2D eigenvalue weighted by Gasteiger charge is -2.45. The molecule has 3 aliphatic rings. The molecule has 1 N–H and O–H groups in total. The molecule has 0 aromatic rings. The largest absolute Gasteiger partial charge is 0.375 e. The Bertz CT molecular complexity index is 299. The zero-order valence-corrected chi connectivity index (χ0v) is 14.0. The minimum atomic E-state index is 0.267. The minimum absolute atomic E-state index is 0.267. The van der Waals surface area contributed by atoms with Crippen molar-refractivity contribution in [2.75, 3.05) is 13.7 Å². The summed E-state index contributed by atoms with van der Waals surface area (Å²) in [4.78, 5) is 0. The Kier molecular flexibility index (Phi) is 5.61. The standard InChI is InChI=1S/C19H35NO/c1-20-18(10-9-16-7-3-4-8-16)17-11-14-21-19(15-17)12-5-2-6-13-19/h16-18,20H,2-15H2,1H3. The van der Waals surface area contributed by atoms with E-state index in [0.717, 1.165) is 24.5 Å². The zero-order chi connectivity index (χ0) is 14.5. The van der Waals surface area contributed by atoms with E-state index in [2.05, 4.69) is 12.4 Å². The van der Waals surface area contributed by atoms with Gasteiger partial charge < -0.3 is 10.1 Å². The molecule has 2 heteroatoms. The Morgan fingerprint density at radius 2 is 1.81 bits per heavy atom. The van der Waals surface area contributed by atoms with Crippen LogP contribution in [-0.4, -0.2) is 25.3 Å². The topological polar surface area (TPSA) is 21.3 Å². The van der Waals surface area contributed by atoms with Crippen molar-refractivity contribution in [3.63, 3.8) is 0 Å². The lowest BCUT2D eigenvalue weighted by atomic mass is 9.73. The molecule has 0 radical (unpaired) electrons. The average molecular weight is 293 g/mol. The molecule has 3 rings (SSSR count). The summed E-state index contributed by atoms with van der Waals surface area (Å²) in [5.41, 5.74) is 0.267. The Balaban J connectivity index is 1.52. The van der Waals surface area contributed by atoms with Crippen molar-refractivity contribution >= 4 is 0 Å². The van der Waals surface area contributed by atoms with Crippen LogP contribution in [0, 0.1) is 11.8 Å². The highest BCUT2D eigenvalue weighted by molar-refractivity contribution is 4.93. The fourth-order valence-electron chi connectivity index (χ4n) is 5.28. The molecule has 122 valence electrons. The van der Waals surface area contributed by atoms with Crippen molar-refractivity contribution in [2.45, 2.75) is 95.1 Å². The smallest absolute Gasteiger partial charge is 0.0685 e. The van der Waals surface area contributed by atoms with E-state index in [0.29, 0.717) is 0 Å². The van der Waals surface area contributed by atoms with Gasteiger partial charge in [-0.2, -0.15) is 0 Å². The quantitative estimate of drug-likeness (QED) is 0.795. The van der Waals surface area contributed by atoms with E-state index in [4.69, 9.17) is 4.74 Å². The van der Waals surface area contributed by atoms with Gasteiger partial charge in [-0.05, 0) is 57.4 Å². The Labute approximate surface area is 131 Å². The van der Waals surface area contributed by atoms with Crippen LogP contribution in [0.5, 0.6) is 0 Å². The maximum atomic E-state index is 6.28. The fourth-order valence-corrected chi connectivity index (χ4v) is 5.28. The van der Waals surface area contributed by atoms with E-state index < -0.39 is 0 Å². The van der Waals surface area contributed by atoms with Crippen LogP contribution in [0.3, 0.4) is 0 Å². The molecule has 2 nitrogen and oxygen atoms in total. The first-order valence-electron chi connectivity index (χ1n) is 9.62. The Morgan fingerprint density at radius 3 is 2.52 bits per heavy atom. The highest BCUT2D eigenvalue weighted by atomic mass is 16.5. The van der Waals surface area contributed by atoms with Gasteiger partial charge in [-0.15, -0.1) is 0 Å². The zero-order valence-electron chi connectivity index (χ0n) is 14.0. The summed E-state index contributed by atoms with van der Waals surface area (Å²) >= 11 is 0. The summed E-state index contributed by atoms with van der Waals surface area (Å²) in [6.07, 6.45) is 18.2. The molecule has 3 fully saturated rings. The highest BCUT2D eigenvalue weighted by Gasteiger charge is 2.40. The van der Waals surface area contributed by atoms with E-state index in [9.17, 15) is 0 Å². The van der Waals surface area contributed by atoms with Crippen LogP contribution in [0.2, 0.25) is 0 Å². The van der Waals surface area contributed by atoms with Crippen molar-refractivity contribution in [3.05, 3.63) is 0 Å². The predicted octanol–water partition coefficient (Wildman–Crippen LogP) is 4.67. The van der Waals surface area contributed by atoms with Gasteiger partial charge in [0.25, 0.3) is 0 Å². The summed E-state index contributed by atoms with van der Waals surface area (Å²) in [5, 5.41) is 3.66. The first kappa shape index (κ1) is 15.8. The number of ether oxygens (including phenoxy) is 1. The van der Waals surface area contributed by atoms with Crippen molar-refractivity contribution in [1.82, 2.24) is 5.32 Å². The van der Waals surface area contributed by atoms with Gasteiger partial charge in [-0.25, -0.2) is 0 Å². The van der Waals surface area contributed by atoms with E-state index in [-0.39, 0.29) is 5.60 Å². The van der Waals surface area contributed by atoms with Gasteiger partial charge in [0, 0.05) is 12.6 Å². The molecule has 2 aliphatic carbocycles. The maximum Gasteiger partial charge on any atom is 0.0685 e. The second-order valence-corrected chi connectivity index (χ2v) is 7.97. The molecular weight excluding hydrogens is 258 g/mol. The first-order chi connectivity index (χ1) is 10.3. The molecule has 0 aromatic carbocycles. The third-order valence-corrected chi connectivity index (χ3v) is 6.60. The van der Waals surface area contributed by atoms with Crippen LogP contribution in [0.4, 0.5) is 0 Å². The second kappa shape index (κ2) is 7.46. The van der Waals surface area contributed by atoms with Gasteiger partial charge in [0.1, 0.15) is 0 Å². The minimum Gasteiger partial charge on any atom is -0.375 e. The van der Waals surface area contributed by atoms with E-state index in [1.807, 2.05) is 0 Å². The van der Waals surface area contributed by atoms with E-state index >= 15 is 0 Å². The lowest BCUT2D eigenvalue weighted by Crippen LogP contribution is -2.47. The van der Waals surface area contributed by atoms with Crippen molar-refractivity contribution in [3.8, 4) is 0 Å². The molecule has 1 spiro atoms. The summed E-state index contributed by atoms with van der Waals surface area (Å²) in [7, 11) is 2.18. The third-order valence-electron chi connectivity index (χ3n) is 6.60. The normalized spacial score (nSPS) is 31.6. The molecule has 1 heterocycles. The number of hydrogen-bond donors (Lipinski definition) is 1. The number of nitrogens with one attached hydrogen (secondary N) is 1. The van der Waals surface area contributed by atoms with E-state index in [1.165, 1.54) is 83.5 Å². The van der Waals surface area contributed by atoms with Crippen LogP contribution in [0.25, 0.3) is 0 Å². The summed E-state index contributed by atoms with van der Waals surface area (Å²) in [6, 6.07) is 0.730. The molecule has 1 aliphatic heterocycles. The third kappa shape index (κ3) is 4.01. The van der Waals surface area contributed by atoms with Gasteiger partial charge in [-0.3, -0.25) is 0 Å². The van der Waals surface area contributed by atoms with Gasteiger partial charge >= 0.3 is 0 Å². The molecule has 2 atom stereocenters. The maximum absolute atomic E-state index is 6.28. The second-order valence-electron chi connectivity index (χ2n) is 7.97. The van der Waals surface area contributed by atoms with Crippen molar-refractivity contribution < 1.29 is 4.74 Å². The average Bonchev–Trinajstić information content (AvgIpc) is 3.02. The molecule has 21 heavy (non-hydrogen) atoms. The Hall–Kier alpha value is -0.0800. The molecule has 0 aromatic heterocycles. The van der Waals surface area contributed by atoms with Crippen LogP contribution in [0.1, 0.15) is 83.5 Å². The monoisotopic (exact) mass is 293 g/mol. The molecule has 2 saturated carbocycles. The van der Waals surface area contributed by atoms with Gasteiger partial charge in [0.15, 0.2) is 0 Å². The van der Waals surface area contributed by atoms with Crippen molar-refractivity contribution in [1.29, 1.82) is 0 Å². The molecule has 0 amide bonds. The summed E-state index contributed by atoms with van der Waals surface area (Å²) in [5.74, 6) is 1.88. The predicted molar refractivity (Wildman–Crippen MR) is 88.5 cm³/mol. The van der Waals surface area contributed by atoms with Crippen LogP contribution >= 0.6 is 0 Å².